The molecule has 0 aliphatic rings. The molecule has 0 bridgehead atoms. The van der Waals surface area contributed by atoms with Crippen LogP contribution in [0.25, 0.3) is 0 Å². The van der Waals surface area contributed by atoms with Crippen LogP contribution in [0.5, 0.6) is 11.5 Å². The molecule has 200 valence electrons. The fourth-order valence-corrected chi connectivity index (χ4v) is 3.36. The number of anilines is 2. The molecule has 2 rings (SSSR count). The van der Waals surface area contributed by atoms with Crippen LogP contribution in [-0.4, -0.2) is 87.7 Å². The molecule has 0 atom stereocenters. The van der Waals surface area contributed by atoms with Crippen molar-refractivity contribution in [2.45, 2.75) is 6.92 Å². The van der Waals surface area contributed by atoms with Gasteiger partial charge in [-0.05, 0) is 36.8 Å². The lowest BCUT2D eigenvalue weighted by molar-refractivity contribution is -0.140. The van der Waals surface area contributed by atoms with E-state index in [1.54, 1.807) is 42.5 Å². The summed E-state index contributed by atoms with van der Waals surface area (Å²) in [7, 11) is 2.49. The summed E-state index contributed by atoms with van der Waals surface area (Å²) in [4.78, 5) is 48.9. The van der Waals surface area contributed by atoms with Crippen molar-refractivity contribution in [3.05, 3.63) is 48.0 Å². The number of nitrogens with zero attached hydrogens (tertiary/aromatic N) is 2. The monoisotopic (exact) mass is 518 g/mol. The van der Waals surface area contributed by atoms with Gasteiger partial charge in [0.15, 0.2) is 0 Å². The number of aliphatic carboxylic acids is 2. The minimum Gasteiger partial charge on any atom is -0.488 e. The van der Waals surface area contributed by atoms with Crippen molar-refractivity contribution in [1.29, 1.82) is 0 Å². The molecular formula is C25H30N2O10. The van der Waals surface area contributed by atoms with Crippen molar-refractivity contribution in [3.8, 4) is 11.5 Å². The van der Waals surface area contributed by atoms with E-state index in [2.05, 4.69) is 0 Å². The molecule has 0 amide bonds. The largest absolute Gasteiger partial charge is 0.488 e. The number of aryl methyl sites for hydroxylation is 1. The molecule has 0 unspecified atom stereocenters. The number of para-hydroxylation sites is 2. The topological polar surface area (TPSA) is 152 Å². The highest BCUT2D eigenvalue weighted by Gasteiger charge is 2.21. The van der Waals surface area contributed by atoms with Gasteiger partial charge >= 0.3 is 23.9 Å². The van der Waals surface area contributed by atoms with Gasteiger partial charge in [0.25, 0.3) is 0 Å². The molecule has 12 nitrogen and oxygen atoms in total. The lowest BCUT2D eigenvalue weighted by Crippen LogP contribution is -2.36. The van der Waals surface area contributed by atoms with Crippen LogP contribution < -0.4 is 19.3 Å². The second-order valence-electron chi connectivity index (χ2n) is 7.79. The van der Waals surface area contributed by atoms with Gasteiger partial charge < -0.3 is 39.0 Å². The number of esters is 2. The third-order valence-corrected chi connectivity index (χ3v) is 5.01. The molecule has 12 heteroatoms. The Hall–Kier alpha value is -4.48. The Bertz CT molecular complexity index is 1070. The number of hydrogen-bond donors (Lipinski definition) is 2. The van der Waals surface area contributed by atoms with E-state index in [0.717, 1.165) is 5.56 Å². The van der Waals surface area contributed by atoms with Crippen molar-refractivity contribution in [1.82, 2.24) is 0 Å². The Labute approximate surface area is 213 Å². The minimum atomic E-state index is -1.19. The molecule has 2 aromatic carbocycles. The Kier molecular flexibility index (Phi) is 11.0. The van der Waals surface area contributed by atoms with Crippen molar-refractivity contribution < 1.29 is 48.3 Å². The Balaban J connectivity index is 2.17. The highest BCUT2D eigenvalue weighted by atomic mass is 16.5. The van der Waals surface area contributed by atoms with E-state index in [-0.39, 0.29) is 32.1 Å². The SMILES string of the molecule is COC(=O)CN(CC(=O)OC)c1ccc(C)cc1OCCOc1ccccc1N(CC(=O)O)CC(=O)O. The van der Waals surface area contributed by atoms with Gasteiger partial charge in [0.2, 0.25) is 0 Å². The predicted octanol–water partition coefficient (Wildman–Crippen LogP) is 1.58. The van der Waals surface area contributed by atoms with E-state index in [4.69, 9.17) is 29.2 Å². The van der Waals surface area contributed by atoms with Crippen LogP contribution in [0.1, 0.15) is 5.56 Å². The molecule has 0 saturated heterocycles. The molecular weight excluding hydrogens is 488 g/mol. The minimum absolute atomic E-state index is 0.0341. The van der Waals surface area contributed by atoms with Crippen molar-refractivity contribution in [3.63, 3.8) is 0 Å². The molecule has 0 radical (unpaired) electrons. The Morgan fingerprint density at radius 3 is 1.73 bits per heavy atom. The van der Waals surface area contributed by atoms with Crippen LogP contribution in [0.3, 0.4) is 0 Å². The first-order valence-corrected chi connectivity index (χ1v) is 11.2. The van der Waals surface area contributed by atoms with Crippen LogP contribution >= 0.6 is 0 Å². The highest BCUT2D eigenvalue weighted by Crippen LogP contribution is 2.31. The van der Waals surface area contributed by atoms with Crippen molar-refractivity contribution in [2.75, 3.05) is 63.4 Å². The van der Waals surface area contributed by atoms with E-state index >= 15 is 0 Å². The zero-order valence-corrected chi connectivity index (χ0v) is 20.8. The quantitative estimate of drug-likeness (QED) is 0.260. The summed E-state index contributed by atoms with van der Waals surface area (Å²) in [5.41, 5.74) is 1.65. The average Bonchev–Trinajstić information content (AvgIpc) is 2.85. The number of rotatable bonds is 15. The molecule has 37 heavy (non-hydrogen) atoms. The fourth-order valence-electron chi connectivity index (χ4n) is 3.36. The first-order chi connectivity index (χ1) is 17.6. The van der Waals surface area contributed by atoms with E-state index in [1.807, 2.05) is 6.92 Å². The number of carbonyl (C=O) groups is 4. The lowest BCUT2D eigenvalue weighted by Gasteiger charge is -2.25. The molecule has 0 spiro atoms. The van der Waals surface area contributed by atoms with Crippen LogP contribution in [0.2, 0.25) is 0 Å². The third-order valence-electron chi connectivity index (χ3n) is 5.01. The standard InChI is InChI=1S/C25H30N2O10/c1-17-8-9-19(27(15-24(32)34-2)16-25(33)35-3)21(12-17)37-11-10-36-20-7-5-4-6-18(20)26(13-22(28)29)14-23(30)31/h4-9,12H,10-11,13-16H2,1-3H3,(H,28,29)(H,30,31). The number of ether oxygens (including phenoxy) is 4. The number of carboxylic acids is 2. The molecule has 0 aliphatic heterocycles. The van der Waals surface area contributed by atoms with Gasteiger partial charge in [-0.25, -0.2) is 0 Å². The van der Waals surface area contributed by atoms with Gasteiger partial charge in [0, 0.05) is 0 Å². The van der Waals surface area contributed by atoms with Gasteiger partial charge in [-0.15, -0.1) is 0 Å². The van der Waals surface area contributed by atoms with E-state index in [1.165, 1.54) is 24.0 Å². The maximum Gasteiger partial charge on any atom is 0.325 e. The lowest BCUT2D eigenvalue weighted by atomic mass is 10.2. The molecule has 0 aliphatic carbocycles. The number of benzene rings is 2. The van der Waals surface area contributed by atoms with Gasteiger partial charge in [-0.2, -0.15) is 0 Å². The first kappa shape index (κ1) is 28.8. The number of carbonyl (C=O) groups excluding carboxylic acids is 2. The molecule has 2 aromatic rings. The van der Waals surface area contributed by atoms with Gasteiger partial charge in [-0.3, -0.25) is 19.2 Å². The normalized spacial score (nSPS) is 10.2. The summed E-state index contributed by atoms with van der Waals surface area (Å²) in [6.45, 7) is 0.473. The van der Waals surface area contributed by atoms with Gasteiger partial charge in [-0.1, -0.05) is 18.2 Å². The van der Waals surface area contributed by atoms with E-state index in [9.17, 15) is 19.2 Å². The molecule has 0 fully saturated rings. The number of carboxylic acid groups (broad SMARTS) is 2. The van der Waals surface area contributed by atoms with Gasteiger partial charge in [0.1, 0.15) is 50.9 Å². The number of hydrogen-bond acceptors (Lipinski definition) is 10. The Morgan fingerprint density at radius 2 is 1.19 bits per heavy atom. The van der Waals surface area contributed by atoms with Crippen LogP contribution in [0.4, 0.5) is 11.4 Å². The highest BCUT2D eigenvalue weighted by molar-refractivity contribution is 5.83. The zero-order valence-electron chi connectivity index (χ0n) is 20.8. The maximum absolute atomic E-state index is 11.9. The van der Waals surface area contributed by atoms with Gasteiger partial charge in [0.05, 0.1) is 25.6 Å². The number of methoxy groups -OCH3 is 2. The molecule has 2 N–H and O–H groups in total. The summed E-state index contributed by atoms with van der Waals surface area (Å²) in [6.07, 6.45) is 0. The zero-order chi connectivity index (χ0) is 27.4. The van der Waals surface area contributed by atoms with Crippen LogP contribution in [0.15, 0.2) is 42.5 Å². The summed E-state index contributed by atoms with van der Waals surface area (Å²) >= 11 is 0. The van der Waals surface area contributed by atoms with Crippen molar-refractivity contribution >= 4 is 35.3 Å². The summed E-state index contributed by atoms with van der Waals surface area (Å²) < 4.78 is 21.2. The summed E-state index contributed by atoms with van der Waals surface area (Å²) in [5.74, 6) is -2.80. The second-order valence-corrected chi connectivity index (χ2v) is 7.79. The molecule has 0 heterocycles. The fraction of sp³-hybridized carbons (Fsp3) is 0.360. The summed E-state index contributed by atoms with van der Waals surface area (Å²) in [6, 6.07) is 11.7. The average molecular weight is 519 g/mol. The Morgan fingerprint density at radius 1 is 0.703 bits per heavy atom. The van der Waals surface area contributed by atoms with Crippen LogP contribution in [0, 0.1) is 6.92 Å². The maximum atomic E-state index is 11.9. The van der Waals surface area contributed by atoms with E-state index in [0.29, 0.717) is 17.1 Å². The molecule has 0 aromatic heterocycles. The van der Waals surface area contributed by atoms with Crippen molar-refractivity contribution in [2.24, 2.45) is 0 Å². The van der Waals surface area contributed by atoms with E-state index < -0.39 is 37.0 Å². The molecule has 0 saturated carbocycles. The summed E-state index contributed by atoms with van der Waals surface area (Å²) in [5, 5.41) is 18.3. The second kappa shape index (κ2) is 14.2. The first-order valence-electron chi connectivity index (χ1n) is 11.2. The predicted molar refractivity (Wildman–Crippen MR) is 132 cm³/mol. The smallest absolute Gasteiger partial charge is 0.325 e. The van der Waals surface area contributed by atoms with Crippen LogP contribution in [-0.2, 0) is 28.7 Å². The third kappa shape index (κ3) is 9.24.